The van der Waals surface area contributed by atoms with Gasteiger partial charge in [-0.2, -0.15) is 0 Å². The summed E-state index contributed by atoms with van der Waals surface area (Å²) in [4.78, 5) is 13.2. The van der Waals surface area contributed by atoms with E-state index in [2.05, 4.69) is 5.32 Å². The van der Waals surface area contributed by atoms with Crippen molar-refractivity contribution in [2.24, 2.45) is 5.92 Å². The van der Waals surface area contributed by atoms with Crippen LogP contribution in [0.2, 0.25) is 0 Å². The molecule has 1 atom stereocenters. The maximum absolute atomic E-state index is 12.5. The van der Waals surface area contributed by atoms with Gasteiger partial charge in [0.25, 0.3) is 5.91 Å². The number of thiophene rings is 1. The summed E-state index contributed by atoms with van der Waals surface area (Å²) in [6.45, 7) is 4.18. The van der Waals surface area contributed by atoms with Crippen molar-refractivity contribution in [2.75, 3.05) is 6.61 Å². The van der Waals surface area contributed by atoms with E-state index in [0.29, 0.717) is 12.3 Å². The zero-order valence-electron chi connectivity index (χ0n) is 12.4. The molecule has 0 aliphatic heterocycles. The minimum absolute atomic E-state index is 0.00627. The third-order valence-electron chi connectivity index (χ3n) is 3.52. The van der Waals surface area contributed by atoms with Gasteiger partial charge in [-0.05, 0) is 29.3 Å². The van der Waals surface area contributed by atoms with Crippen LogP contribution in [0, 0.1) is 5.92 Å². The largest absolute Gasteiger partial charge is 0.396 e. The van der Waals surface area contributed by atoms with Crippen molar-refractivity contribution in [3.63, 3.8) is 0 Å². The van der Waals surface area contributed by atoms with Gasteiger partial charge in [0.2, 0.25) is 0 Å². The Kier molecular flexibility index (Phi) is 5.53. The minimum Gasteiger partial charge on any atom is -0.396 e. The maximum Gasteiger partial charge on any atom is 0.262 e. The van der Waals surface area contributed by atoms with Crippen LogP contribution in [0.3, 0.4) is 0 Å². The van der Waals surface area contributed by atoms with E-state index in [0.717, 1.165) is 16.0 Å². The SMILES string of the molecule is CC(C)C(CCO)NC(=O)c1sccc1-c1ccccc1. The summed E-state index contributed by atoms with van der Waals surface area (Å²) < 4.78 is 0. The Morgan fingerprint density at radius 2 is 1.95 bits per heavy atom. The van der Waals surface area contributed by atoms with Crippen molar-refractivity contribution >= 4 is 17.2 Å². The molecule has 1 aromatic carbocycles. The molecular weight excluding hydrogens is 282 g/mol. The highest BCUT2D eigenvalue weighted by molar-refractivity contribution is 7.12. The van der Waals surface area contributed by atoms with E-state index in [1.165, 1.54) is 11.3 Å². The zero-order valence-corrected chi connectivity index (χ0v) is 13.2. The molecule has 2 rings (SSSR count). The molecule has 0 saturated carbocycles. The second kappa shape index (κ2) is 7.38. The molecule has 21 heavy (non-hydrogen) atoms. The first kappa shape index (κ1) is 15.7. The van der Waals surface area contributed by atoms with Gasteiger partial charge < -0.3 is 10.4 Å². The predicted octanol–water partition coefficient (Wildman–Crippen LogP) is 3.55. The second-order valence-corrected chi connectivity index (χ2v) is 6.28. The maximum atomic E-state index is 12.5. The summed E-state index contributed by atoms with van der Waals surface area (Å²) in [6, 6.07) is 11.9. The Hall–Kier alpha value is -1.65. The van der Waals surface area contributed by atoms with Crippen LogP contribution >= 0.6 is 11.3 Å². The average Bonchev–Trinajstić information content (AvgIpc) is 2.97. The molecule has 3 nitrogen and oxygen atoms in total. The highest BCUT2D eigenvalue weighted by atomic mass is 32.1. The monoisotopic (exact) mass is 303 g/mol. The fraction of sp³-hybridized carbons (Fsp3) is 0.353. The fourth-order valence-electron chi connectivity index (χ4n) is 2.28. The molecule has 0 aliphatic carbocycles. The van der Waals surface area contributed by atoms with Crippen molar-refractivity contribution < 1.29 is 9.90 Å². The van der Waals surface area contributed by atoms with Gasteiger partial charge in [0.15, 0.2) is 0 Å². The van der Waals surface area contributed by atoms with Gasteiger partial charge in [-0.15, -0.1) is 11.3 Å². The Labute approximate surface area is 129 Å². The van der Waals surface area contributed by atoms with Gasteiger partial charge in [0.05, 0.1) is 4.88 Å². The van der Waals surface area contributed by atoms with Crippen molar-refractivity contribution in [3.8, 4) is 11.1 Å². The number of nitrogens with one attached hydrogen (secondary N) is 1. The molecule has 1 heterocycles. The van der Waals surface area contributed by atoms with Gasteiger partial charge in [-0.25, -0.2) is 0 Å². The lowest BCUT2D eigenvalue weighted by Gasteiger charge is -2.21. The van der Waals surface area contributed by atoms with Gasteiger partial charge in [-0.3, -0.25) is 4.79 Å². The lowest BCUT2D eigenvalue weighted by molar-refractivity contribution is 0.0921. The molecule has 2 aromatic rings. The van der Waals surface area contributed by atoms with E-state index in [9.17, 15) is 4.79 Å². The number of carbonyl (C=O) groups is 1. The first-order valence-electron chi connectivity index (χ1n) is 7.18. The van der Waals surface area contributed by atoms with Gasteiger partial charge in [0, 0.05) is 18.2 Å². The summed E-state index contributed by atoms with van der Waals surface area (Å²) in [7, 11) is 0. The van der Waals surface area contributed by atoms with Crippen molar-refractivity contribution in [1.82, 2.24) is 5.32 Å². The molecule has 112 valence electrons. The molecule has 0 radical (unpaired) electrons. The molecule has 4 heteroatoms. The molecule has 1 aromatic heterocycles. The van der Waals surface area contributed by atoms with E-state index in [1.807, 2.05) is 55.6 Å². The standard InChI is InChI=1S/C17H21NO2S/c1-12(2)15(8-10-19)18-17(20)16-14(9-11-21-16)13-6-4-3-5-7-13/h3-7,9,11-12,15,19H,8,10H2,1-2H3,(H,18,20). The Balaban J connectivity index is 2.19. The van der Waals surface area contributed by atoms with Crippen LogP contribution in [0.4, 0.5) is 0 Å². The van der Waals surface area contributed by atoms with Crippen molar-refractivity contribution in [3.05, 3.63) is 46.7 Å². The first-order chi connectivity index (χ1) is 10.1. The molecule has 1 amide bonds. The highest BCUT2D eigenvalue weighted by Crippen LogP contribution is 2.28. The molecule has 1 unspecified atom stereocenters. The van der Waals surface area contributed by atoms with E-state index in [1.54, 1.807) is 0 Å². The van der Waals surface area contributed by atoms with Crippen molar-refractivity contribution in [1.29, 1.82) is 0 Å². The lowest BCUT2D eigenvalue weighted by atomic mass is 10.0. The smallest absolute Gasteiger partial charge is 0.262 e. The third kappa shape index (κ3) is 3.93. The zero-order chi connectivity index (χ0) is 15.2. The van der Waals surface area contributed by atoms with Crippen LogP contribution in [0.15, 0.2) is 41.8 Å². The first-order valence-corrected chi connectivity index (χ1v) is 8.06. The molecule has 0 saturated heterocycles. The van der Waals surface area contributed by atoms with Gasteiger partial charge in [0.1, 0.15) is 0 Å². The fourth-order valence-corrected chi connectivity index (χ4v) is 3.09. The number of aliphatic hydroxyl groups is 1. The highest BCUT2D eigenvalue weighted by Gasteiger charge is 2.20. The van der Waals surface area contributed by atoms with Gasteiger partial charge in [-0.1, -0.05) is 44.2 Å². The number of hydrogen-bond donors (Lipinski definition) is 2. The molecule has 0 fully saturated rings. The molecule has 0 bridgehead atoms. The number of amides is 1. The summed E-state index contributed by atoms with van der Waals surface area (Å²) in [5.74, 6) is 0.234. The second-order valence-electron chi connectivity index (χ2n) is 5.37. The number of carbonyl (C=O) groups excluding carboxylic acids is 1. The average molecular weight is 303 g/mol. The number of benzene rings is 1. The summed E-state index contributed by atoms with van der Waals surface area (Å²) in [6.07, 6.45) is 0.579. The van der Waals surface area contributed by atoms with Crippen LogP contribution in [0.25, 0.3) is 11.1 Å². The van der Waals surface area contributed by atoms with Crippen LogP contribution in [0.5, 0.6) is 0 Å². The van der Waals surface area contributed by atoms with Crippen molar-refractivity contribution in [2.45, 2.75) is 26.3 Å². The number of hydrogen-bond acceptors (Lipinski definition) is 3. The van der Waals surface area contributed by atoms with E-state index >= 15 is 0 Å². The Morgan fingerprint density at radius 1 is 1.24 bits per heavy atom. The summed E-state index contributed by atoms with van der Waals surface area (Å²) in [5, 5.41) is 14.1. The molecular formula is C17H21NO2S. The minimum atomic E-state index is -0.0593. The summed E-state index contributed by atoms with van der Waals surface area (Å²) >= 11 is 1.45. The van der Waals surface area contributed by atoms with E-state index in [-0.39, 0.29) is 18.6 Å². The van der Waals surface area contributed by atoms with Crippen LogP contribution in [0.1, 0.15) is 29.9 Å². The van der Waals surface area contributed by atoms with E-state index < -0.39 is 0 Å². The molecule has 0 aliphatic rings. The predicted molar refractivity (Wildman–Crippen MR) is 87.6 cm³/mol. The van der Waals surface area contributed by atoms with Crippen LogP contribution < -0.4 is 5.32 Å². The topological polar surface area (TPSA) is 49.3 Å². The van der Waals surface area contributed by atoms with E-state index in [4.69, 9.17) is 5.11 Å². The number of rotatable bonds is 6. The van der Waals surface area contributed by atoms with Crippen LogP contribution in [-0.4, -0.2) is 23.7 Å². The Morgan fingerprint density at radius 3 is 2.57 bits per heavy atom. The lowest BCUT2D eigenvalue weighted by Crippen LogP contribution is -2.39. The molecule has 0 spiro atoms. The summed E-state index contributed by atoms with van der Waals surface area (Å²) in [5.41, 5.74) is 2.01. The van der Waals surface area contributed by atoms with Crippen LogP contribution in [-0.2, 0) is 0 Å². The quantitative estimate of drug-likeness (QED) is 0.857. The Bertz CT molecular complexity index is 577. The normalized spacial score (nSPS) is 12.4. The molecule has 2 N–H and O–H groups in total. The third-order valence-corrected chi connectivity index (χ3v) is 4.43. The number of aliphatic hydroxyl groups excluding tert-OH is 1. The van der Waals surface area contributed by atoms with Gasteiger partial charge >= 0.3 is 0 Å².